The van der Waals surface area contributed by atoms with Crippen molar-refractivity contribution in [1.29, 1.82) is 0 Å². The first-order valence-electron chi connectivity index (χ1n) is 3.50. The van der Waals surface area contributed by atoms with E-state index < -0.39 is 0 Å². The summed E-state index contributed by atoms with van der Waals surface area (Å²) in [5, 5.41) is 0. The summed E-state index contributed by atoms with van der Waals surface area (Å²) >= 11 is 0. The van der Waals surface area contributed by atoms with Crippen LogP contribution in [0.3, 0.4) is 0 Å². The Hall–Kier alpha value is -0.440. The molecule has 51 valence electrons. The minimum Gasteiger partial charge on any atom is -0.107 e. The van der Waals surface area contributed by atoms with Gasteiger partial charge in [0.05, 0.1) is 0 Å². The molecule has 0 aliphatic rings. The Labute approximate surface area is 58.7 Å². The van der Waals surface area contributed by atoms with Crippen molar-refractivity contribution in [2.24, 2.45) is 5.92 Å². The summed E-state index contributed by atoms with van der Waals surface area (Å²) < 4.78 is 0. The van der Waals surface area contributed by atoms with Gasteiger partial charge < -0.3 is 0 Å². The molecule has 1 unspecified atom stereocenters. The summed E-state index contributed by atoms with van der Waals surface area (Å²) in [6.07, 6.45) is 3.44. The predicted molar refractivity (Wildman–Crippen MR) is 41.8 cm³/mol. The molecule has 0 heterocycles. The van der Waals surface area contributed by atoms with E-state index in [1.807, 2.05) is 6.92 Å². The molecule has 0 aliphatic carbocycles. The standard InChI is InChI=1S/C9H15/c1-4-5-6-7-8-9(2)3/h9H,2,6-8H2,1,3H3. The van der Waals surface area contributed by atoms with Gasteiger partial charge >= 0.3 is 0 Å². The summed E-state index contributed by atoms with van der Waals surface area (Å²) in [5.74, 6) is 6.48. The monoisotopic (exact) mass is 123 g/mol. The third-order valence-electron chi connectivity index (χ3n) is 1.18. The molecule has 0 heteroatoms. The zero-order chi connectivity index (χ0) is 7.11. The molecule has 0 spiro atoms. The van der Waals surface area contributed by atoms with Gasteiger partial charge in [-0.2, -0.15) is 0 Å². The van der Waals surface area contributed by atoms with Crippen LogP contribution in [0.4, 0.5) is 0 Å². The van der Waals surface area contributed by atoms with Gasteiger partial charge in [-0.3, -0.25) is 0 Å². The molecule has 0 aromatic rings. The molecule has 0 N–H and O–H groups in total. The summed E-state index contributed by atoms with van der Waals surface area (Å²) in [6.45, 7) is 7.91. The van der Waals surface area contributed by atoms with E-state index in [-0.39, 0.29) is 0 Å². The third-order valence-corrected chi connectivity index (χ3v) is 1.18. The smallest absolute Gasteiger partial charge is 0.00886 e. The molecule has 0 saturated heterocycles. The number of hydrogen-bond donors (Lipinski definition) is 0. The Bertz CT molecular complexity index is 101. The summed E-state index contributed by atoms with van der Waals surface area (Å²) in [6, 6.07) is 0. The van der Waals surface area contributed by atoms with Crippen molar-refractivity contribution in [3.05, 3.63) is 6.92 Å². The normalized spacial score (nSPS) is 8.89. The Morgan fingerprint density at radius 3 is 2.67 bits per heavy atom. The van der Waals surface area contributed by atoms with E-state index >= 15 is 0 Å². The molecule has 1 radical (unpaired) electrons. The summed E-state index contributed by atoms with van der Waals surface area (Å²) in [5.41, 5.74) is 0. The van der Waals surface area contributed by atoms with Crippen molar-refractivity contribution in [3.8, 4) is 11.8 Å². The molecule has 0 aliphatic heterocycles. The molecule has 0 rings (SSSR count). The molecule has 0 aromatic carbocycles. The lowest BCUT2D eigenvalue weighted by Crippen LogP contribution is -1.85. The first kappa shape index (κ1) is 8.56. The predicted octanol–water partition coefficient (Wildman–Crippen LogP) is 2.65. The van der Waals surface area contributed by atoms with Crippen molar-refractivity contribution in [1.82, 2.24) is 0 Å². The highest BCUT2D eigenvalue weighted by Crippen LogP contribution is 2.04. The quantitative estimate of drug-likeness (QED) is 0.400. The number of hydrogen-bond acceptors (Lipinski definition) is 0. The molecule has 0 bridgehead atoms. The van der Waals surface area contributed by atoms with Crippen molar-refractivity contribution in [2.75, 3.05) is 0 Å². The second kappa shape index (κ2) is 5.69. The molecule has 0 saturated carbocycles. The average Bonchev–Trinajstić information content (AvgIpc) is 1.80. The zero-order valence-corrected chi connectivity index (χ0v) is 6.41. The van der Waals surface area contributed by atoms with Crippen LogP contribution in [0.2, 0.25) is 0 Å². The summed E-state index contributed by atoms with van der Waals surface area (Å²) in [7, 11) is 0. The largest absolute Gasteiger partial charge is 0.107 e. The fourth-order valence-corrected chi connectivity index (χ4v) is 0.664. The van der Waals surface area contributed by atoms with Gasteiger partial charge in [-0.15, -0.1) is 11.8 Å². The van der Waals surface area contributed by atoms with E-state index in [1.54, 1.807) is 0 Å². The minimum atomic E-state index is 0.587. The number of unbranched alkanes of at least 4 members (excludes halogenated alkanes) is 1. The fourth-order valence-electron chi connectivity index (χ4n) is 0.664. The maximum atomic E-state index is 3.89. The van der Waals surface area contributed by atoms with Gasteiger partial charge in [0.1, 0.15) is 0 Å². The first-order chi connectivity index (χ1) is 4.27. The highest BCUT2D eigenvalue weighted by Gasteiger charge is 1.90. The zero-order valence-electron chi connectivity index (χ0n) is 6.41. The fraction of sp³-hybridized carbons (Fsp3) is 0.667. The lowest BCUT2D eigenvalue weighted by atomic mass is 10.1. The second-order valence-electron chi connectivity index (χ2n) is 2.42. The average molecular weight is 123 g/mol. The van der Waals surface area contributed by atoms with Gasteiger partial charge in [0.25, 0.3) is 0 Å². The van der Waals surface area contributed by atoms with E-state index in [4.69, 9.17) is 0 Å². The van der Waals surface area contributed by atoms with E-state index in [0.717, 1.165) is 6.42 Å². The van der Waals surface area contributed by atoms with Crippen molar-refractivity contribution < 1.29 is 0 Å². The SMILES string of the molecule is [CH2]C(C)CCCC#CC. The Morgan fingerprint density at radius 2 is 2.22 bits per heavy atom. The maximum Gasteiger partial charge on any atom is 0.00886 e. The van der Waals surface area contributed by atoms with Crippen LogP contribution >= 0.6 is 0 Å². The van der Waals surface area contributed by atoms with Gasteiger partial charge in [-0.1, -0.05) is 13.8 Å². The second-order valence-corrected chi connectivity index (χ2v) is 2.42. The first-order valence-corrected chi connectivity index (χ1v) is 3.50. The van der Waals surface area contributed by atoms with Crippen LogP contribution in [0.15, 0.2) is 0 Å². The highest BCUT2D eigenvalue weighted by molar-refractivity contribution is 4.94. The van der Waals surface area contributed by atoms with E-state index in [0.29, 0.717) is 5.92 Å². The molecular formula is C9H15. The third kappa shape index (κ3) is 7.56. The van der Waals surface area contributed by atoms with E-state index in [2.05, 4.69) is 25.7 Å². The van der Waals surface area contributed by atoms with Crippen LogP contribution in [0.5, 0.6) is 0 Å². The lowest BCUT2D eigenvalue weighted by Gasteiger charge is -1.98. The van der Waals surface area contributed by atoms with Gasteiger partial charge in [0.2, 0.25) is 0 Å². The van der Waals surface area contributed by atoms with Gasteiger partial charge in [0, 0.05) is 6.42 Å². The molecule has 1 atom stereocenters. The number of rotatable bonds is 3. The van der Waals surface area contributed by atoms with Crippen molar-refractivity contribution in [2.45, 2.75) is 33.1 Å². The molecular weight excluding hydrogens is 108 g/mol. The molecule has 9 heavy (non-hydrogen) atoms. The lowest BCUT2D eigenvalue weighted by molar-refractivity contribution is 0.612. The topological polar surface area (TPSA) is 0 Å². The van der Waals surface area contributed by atoms with Crippen LogP contribution in [0.25, 0.3) is 0 Å². The Balaban J connectivity index is 2.98. The van der Waals surface area contributed by atoms with Crippen LogP contribution < -0.4 is 0 Å². The highest BCUT2D eigenvalue weighted by atomic mass is 14.0. The van der Waals surface area contributed by atoms with E-state index in [9.17, 15) is 0 Å². The molecule has 0 amide bonds. The van der Waals surface area contributed by atoms with Gasteiger partial charge in [0.15, 0.2) is 0 Å². The van der Waals surface area contributed by atoms with Crippen LogP contribution in [0, 0.1) is 24.7 Å². The van der Waals surface area contributed by atoms with Crippen LogP contribution in [-0.4, -0.2) is 0 Å². The van der Waals surface area contributed by atoms with Gasteiger partial charge in [-0.05, 0) is 25.7 Å². The molecule has 0 fully saturated rings. The molecule has 0 nitrogen and oxygen atoms in total. The Kier molecular flexibility index (Phi) is 5.41. The van der Waals surface area contributed by atoms with E-state index in [1.165, 1.54) is 12.8 Å². The maximum absolute atomic E-state index is 3.89. The van der Waals surface area contributed by atoms with Gasteiger partial charge in [-0.25, -0.2) is 0 Å². The minimum absolute atomic E-state index is 0.587. The molecule has 0 aromatic heterocycles. The van der Waals surface area contributed by atoms with Crippen molar-refractivity contribution >= 4 is 0 Å². The van der Waals surface area contributed by atoms with Crippen LogP contribution in [0.1, 0.15) is 33.1 Å². The van der Waals surface area contributed by atoms with Crippen LogP contribution in [-0.2, 0) is 0 Å². The Morgan fingerprint density at radius 1 is 1.56 bits per heavy atom. The van der Waals surface area contributed by atoms with Crippen molar-refractivity contribution in [3.63, 3.8) is 0 Å². The summed E-state index contributed by atoms with van der Waals surface area (Å²) in [4.78, 5) is 0.